The second-order valence-electron chi connectivity index (χ2n) is 3.09. The number of rotatable bonds is 2. The largest absolute Gasteiger partial charge is 0.387 e. The minimum Gasteiger partial charge on any atom is -0.387 e. The van der Waals surface area contributed by atoms with Crippen molar-refractivity contribution in [1.82, 2.24) is 0 Å². The van der Waals surface area contributed by atoms with Crippen LogP contribution in [0.3, 0.4) is 0 Å². The normalized spacial score (nSPS) is 15.3. The smallest absolute Gasteiger partial charge is 0.143 e. The Balaban J connectivity index is 3.15. The Labute approximate surface area is 91.4 Å². The summed E-state index contributed by atoms with van der Waals surface area (Å²) in [5, 5.41) is 9.65. The van der Waals surface area contributed by atoms with Crippen molar-refractivity contribution < 1.29 is 9.50 Å². The molecule has 3 N–H and O–H groups in total. The predicted molar refractivity (Wildman–Crippen MR) is 55.0 cm³/mol. The van der Waals surface area contributed by atoms with Crippen LogP contribution in [0.25, 0.3) is 0 Å². The summed E-state index contributed by atoms with van der Waals surface area (Å²) in [4.78, 5) is 0. The Hall–Kier alpha value is -0.350. The summed E-state index contributed by atoms with van der Waals surface area (Å²) in [6.45, 7) is 1.62. The lowest BCUT2D eigenvalue weighted by Gasteiger charge is -2.16. The molecule has 14 heavy (non-hydrogen) atoms. The van der Waals surface area contributed by atoms with Crippen molar-refractivity contribution in [3.05, 3.63) is 33.6 Å². The minimum atomic E-state index is -0.944. The van der Waals surface area contributed by atoms with E-state index in [1.54, 1.807) is 6.92 Å². The second kappa shape index (κ2) is 4.45. The first kappa shape index (κ1) is 11.7. The molecule has 2 atom stereocenters. The van der Waals surface area contributed by atoms with Crippen molar-refractivity contribution in [1.29, 1.82) is 0 Å². The molecule has 0 aromatic heterocycles. The zero-order valence-corrected chi connectivity index (χ0v) is 8.98. The van der Waals surface area contributed by atoms with Crippen LogP contribution in [0, 0.1) is 5.82 Å². The molecule has 78 valence electrons. The molecule has 1 aromatic rings. The highest BCUT2D eigenvalue weighted by molar-refractivity contribution is 6.33. The molecule has 0 aliphatic carbocycles. The quantitative estimate of drug-likeness (QED) is 0.777. The number of hydrogen-bond acceptors (Lipinski definition) is 2. The number of aliphatic hydroxyl groups excluding tert-OH is 1. The van der Waals surface area contributed by atoms with Gasteiger partial charge in [0.2, 0.25) is 0 Å². The molecule has 1 rings (SSSR count). The average Bonchev–Trinajstić information content (AvgIpc) is 2.10. The van der Waals surface area contributed by atoms with Gasteiger partial charge in [-0.25, -0.2) is 4.39 Å². The molecular formula is C9H10Cl2FNO. The van der Waals surface area contributed by atoms with E-state index in [0.29, 0.717) is 5.56 Å². The Morgan fingerprint density at radius 2 is 1.93 bits per heavy atom. The molecule has 0 heterocycles. The molecule has 1 aromatic carbocycles. The molecule has 0 saturated heterocycles. The lowest BCUT2D eigenvalue weighted by molar-refractivity contribution is 0.153. The highest BCUT2D eigenvalue weighted by atomic mass is 35.5. The van der Waals surface area contributed by atoms with Gasteiger partial charge in [0.05, 0.1) is 11.1 Å². The molecular weight excluding hydrogens is 228 g/mol. The lowest BCUT2D eigenvalue weighted by atomic mass is 10.0. The molecule has 2 nitrogen and oxygen atoms in total. The van der Waals surface area contributed by atoms with E-state index in [-0.39, 0.29) is 10.0 Å². The maximum atomic E-state index is 12.9. The van der Waals surface area contributed by atoms with Gasteiger partial charge in [-0.05, 0) is 19.1 Å². The van der Waals surface area contributed by atoms with E-state index in [4.69, 9.17) is 28.9 Å². The van der Waals surface area contributed by atoms with E-state index in [0.717, 1.165) is 6.07 Å². The van der Waals surface area contributed by atoms with Crippen molar-refractivity contribution in [3.63, 3.8) is 0 Å². The minimum absolute atomic E-state index is 0.0795. The first-order chi connectivity index (χ1) is 6.43. The van der Waals surface area contributed by atoms with Gasteiger partial charge in [-0.3, -0.25) is 0 Å². The molecule has 0 amide bonds. The van der Waals surface area contributed by atoms with Crippen molar-refractivity contribution in [2.45, 2.75) is 19.1 Å². The van der Waals surface area contributed by atoms with Gasteiger partial charge in [0.15, 0.2) is 0 Å². The number of nitrogens with two attached hydrogens (primary N) is 1. The maximum absolute atomic E-state index is 12.9. The fraction of sp³-hybridized carbons (Fsp3) is 0.333. The predicted octanol–water partition coefficient (Wildman–Crippen LogP) is 2.51. The SMILES string of the molecule is CC(N)C(O)c1cc(Cl)c(F)cc1Cl. The lowest BCUT2D eigenvalue weighted by Crippen LogP contribution is -2.24. The first-order valence-electron chi connectivity index (χ1n) is 4.01. The standard InChI is InChI=1S/C9H10Cl2FNO/c1-4(13)9(14)5-2-7(11)8(12)3-6(5)10/h2-4,9,14H,13H2,1H3. The van der Waals surface area contributed by atoms with Crippen LogP contribution >= 0.6 is 23.2 Å². The summed E-state index contributed by atoms with van der Waals surface area (Å²) in [7, 11) is 0. The van der Waals surface area contributed by atoms with Gasteiger partial charge in [0.25, 0.3) is 0 Å². The van der Waals surface area contributed by atoms with E-state index < -0.39 is 18.0 Å². The van der Waals surface area contributed by atoms with Crippen LogP contribution in [-0.2, 0) is 0 Å². The first-order valence-corrected chi connectivity index (χ1v) is 4.77. The fourth-order valence-corrected chi connectivity index (χ4v) is 1.48. The van der Waals surface area contributed by atoms with Crippen LogP contribution in [0.15, 0.2) is 12.1 Å². The summed E-state index contributed by atoms with van der Waals surface area (Å²) < 4.78 is 12.9. The van der Waals surface area contributed by atoms with Crippen molar-refractivity contribution in [2.75, 3.05) is 0 Å². The summed E-state index contributed by atoms with van der Waals surface area (Å²) >= 11 is 11.3. The summed E-state index contributed by atoms with van der Waals surface area (Å²) in [5.74, 6) is -0.614. The molecule has 0 radical (unpaired) electrons. The summed E-state index contributed by atoms with van der Waals surface area (Å²) in [5.41, 5.74) is 5.82. The summed E-state index contributed by atoms with van der Waals surface area (Å²) in [6.07, 6.45) is -0.944. The Morgan fingerprint density at radius 1 is 1.36 bits per heavy atom. The second-order valence-corrected chi connectivity index (χ2v) is 3.91. The molecule has 0 aliphatic heterocycles. The van der Waals surface area contributed by atoms with Crippen molar-refractivity contribution in [3.8, 4) is 0 Å². The van der Waals surface area contributed by atoms with Gasteiger partial charge in [-0.15, -0.1) is 0 Å². The molecule has 0 aliphatic rings. The van der Waals surface area contributed by atoms with Crippen LogP contribution < -0.4 is 5.73 Å². The van der Waals surface area contributed by atoms with Crippen molar-refractivity contribution >= 4 is 23.2 Å². The Morgan fingerprint density at radius 3 is 2.43 bits per heavy atom. The maximum Gasteiger partial charge on any atom is 0.143 e. The monoisotopic (exact) mass is 237 g/mol. The van der Waals surface area contributed by atoms with Gasteiger partial charge < -0.3 is 10.8 Å². The van der Waals surface area contributed by atoms with E-state index in [2.05, 4.69) is 0 Å². The van der Waals surface area contributed by atoms with Crippen LogP contribution in [-0.4, -0.2) is 11.1 Å². The van der Waals surface area contributed by atoms with E-state index in [1.165, 1.54) is 6.07 Å². The molecule has 5 heteroatoms. The molecule has 2 unspecified atom stereocenters. The number of halogens is 3. The molecule has 0 spiro atoms. The highest BCUT2D eigenvalue weighted by Gasteiger charge is 2.17. The van der Waals surface area contributed by atoms with Crippen LogP contribution in [0.4, 0.5) is 4.39 Å². The molecule has 0 saturated carbocycles. The van der Waals surface area contributed by atoms with Gasteiger partial charge in [0.1, 0.15) is 5.82 Å². The Kier molecular flexibility index (Phi) is 3.72. The van der Waals surface area contributed by atoms with Crippen LogP contribution in [0.2, 0.25) is 10.0 Å². The molecule has 0 fully saturated rings. The summed E-state index contributed by atoms with van der Waals surface area (Å²) in [6, 6.07) is 1.85. The van der Waals surface area contributed by atoms with Gasteiger partial charge >= 0.3 is 0 Å². The number of hydrogen-bond donors (Lipinski definition) is 2. The topological polar surface area (TPSA) is 46.2 Å². The van der Waals surface area contributed by atoms with E-state index in [9.17, 15) is 9.50 Å². The number of aliphatic hydroxyl groups is 1. The van der Waals surface area contributed by atoms with E-state index in [1.807, 2.05) is 0 Å². The average molecular weight is 238 g/mol. The van der Waals surface area contributed by atoms with Gasteiger partial charge in [0, 0.05) is 16.6 Å². The Bertz CT molecular complexity index is 344. The third-order valence-corrected chi connectivity index (χ3v) is 2.47. The molecule has 0 bridgehead atoms. The zero-order chi connectivity index (χ0) is 10.9. The highest BCUT2D eigenvalue weighted by Crippen LogP contribution is 2.29. The number of benzene rings is 1. The van der Waals surface area contributed by atoms with Gasteiger partial charge in [-0.1, -0.05) is 23.2 Å². The third kappa shape index (κ3) is 2.36. The van der Waals surface area contributed by atoms with Crippen LogP contribution in [0.1, 0.15) is 18.6 Å². The zero-order valence-electron chi connectivity index (χ0n) is 7.47. The third-order valence-electron chi connectivity index (χ3n) is 1.86. The van der Waals surface area contributed by atoms with Crippen LogP contribution in [0.5, 0.6) is 0 Å². The van der Waals surface area contributed by atoms with Gasteiger partial charge in [-0.2, -0.15) is 0 Å². The van der Waals surface area contributed by atoms with E-state index >= 15 is 0 Å². The van der Waals surface area contributed by atoms with Crippen molar-refractivity contribution in [2.24, 2.45) is 5.73 Å². The fourth-order valence-electron chi connectivity index (χ4n) is 1.05.